The van der Waals surface area contributed by atoms with E-state index in [4.69, 9.17) is 0 Å². The topological polar surface area (TPSA) is 107 Å². The minimum absolute atomic E-state index is 0.00892. The smallest absolute Gasteiger partial charge is 0.328 e. The molecule has 1 aliphatic heterocycles. The fourth-order valence-electron chi connectivity index (χ4n) is 5.29. The van der Waals surface area contributed by atoms with Crippen LogP contribution in [0.15, 0.2) is 78.9 Å². The van der Waals surface area contributed by atoms with Crippen molar-refractivity contribution in [3.63, 3.8) is 0 Å². The number of nitrogens with zero attached hydrogens (tertiary/aromatic N) is 2. The summed E-state index contributed by atoms with van der Waals surface area (Å²) >= 11 is 0. The van der Waals surface area contributed by atoms with E-state index in [1.807, 2.05) is 80.6 Å². The number of urea groups is 1. The van der Waals surface area contributed by atoms with Crippen LogP contribution >= 0.6 is 0 Å². The van der Waals surface area contributed by atoms with E-state index in [2.05, 4.69) is 5.32 Å². The molecule has 2 atom stereocenters. The van der Waals surface area contributed by atoms with Crippen molar-refractivity contribution in [1.82, 2.24) is 15.1 Å². The second kappa shape index (κ2) is 13.7. The Hall–Kier alpha value is -4.79. The number of benzene rings is 3. The van der Waals surface area contributed by atoms with Gasteiger partial charge < -0.3 is 15.3 Å². The van der Waals surface area contributed by atoms with Crippen LogP contribution in [0.2, 0.25) is 0 Å². The van der Waals surface area contributed by atoms with Crippen molar-refractivity contribution in [3.05, 3.63) is 107 Å². The number of carbonyl (C=O) groups is 4. The summed E-state index contributed by atoms with van der Waals surface area (Å²) in [5.74, 6) is -3.25. The lowest BCUT2D eigenvalue weighted by atomic mass is 9.97. The monoisotopic (exact) mass is 599 g/mol. The molecule has 8 nitrogen and oxygen atoms in total. The van der Waals surface area contributed by atoms with E-state index in [-0.39, 0.29) is 24.4 Å². The van der Waals surface area contributed by atoms with Crippen LogP contribution < -0.4 is 5.32 Å². The van der Waals surface area contributed by atoms with Crippen LogP contribution in [0, 0.1) is 11.7 Å². The fraction of sp³-hybridized carbons (Fsp3) is 0.314. The first-order valence-corrected chi connectivity index (χ1v) is 14.6. The van der Waals surface area contributed by atoms with E-state index >= 15 is 0 Å². The largest absolute Gasteiger partial charge is 0.481 e. The number of amides is 4. The molecule has 2 unspecified atom stereocenters. The van der Waals surface area contributed by atoms with Crippen molar-refractivity contribution in [2.75, 3.05) is 0 Å². The Balaban J connectivity index is 1.56. The maximum atomic E-state index is 14.6. The zero-order chi connectivity index (χ0) is 32.0. The minimum atomic E-state index is -1.25. The van der Waals surface area contributed by atoms with E-state index in [0.717, 1.165) is 21.6 Å². The molecule has 0 saturated carbocycles. The van der Waals surface area contributed by atoms with Crippen LogP contribution in [0.5, 0.6) is 0 Å². The first kappa shape index (κ1) is 32.1. The third kappa shape index (κ3) is 7.40. The molecule has 1 fully saturated rings. The maximum absolute atomic E-state index is 14.6. The summed E-state index contributed by atoms with van der Waals surface area (Å²) in [6.07, 6.45) is 3.57. The van der Waals surface area contributed by atoms with E-state index in [1.165, 1.54) is 23.1 Å². The number of hydrogen-bond donors (Lipinski definition) is 2. The van der Waals surface area contributed by atoms with E-state index < -0.39 is 53.7 Å². The molecule has 0 spiro atoms. The molecule has 0 radical (unpaired) electrons. The molecule has 4 rings (SSSR count). The predicted octanol–water partition coefficient (Wildman–Crippen LogP) is 6.29. The highest BCUT2D eigenvalue weighted by Crippen LogP contribution is 2.33. The SMILES string of the molecule is CC(C)CC(C(=O)NC(CC(=O)O)c1ccccc1F)N1C(=O)N(Cc2ccc(/C=C/c3ccccc3)cc2)C(C)(C)C1=O. The first-order chi connectivity index (χ1) is 20.9. The van der Waals surface area contributed by atoms with Gasteiger partial charge in [0.25, 0.3) is 5.91 Å². The highest BCUT2D eigenvalue weighted by molar-refractivity contribution is 6.09. The van der Waals surface area contributed by atoms with E-state index in [9.17, 15) is 28.7 Å². The molecule has 44 heavy (non-hydrogen) atoms. The van der Waals surface area contributed by atoms with Gasteiger partial charge in [-0.2, -0.15) is 0 Å². The Morgan fingerprint density at radius 3 is 2.09 bits per heavy atom. The highest BCUT2D eigenvalue weighted by Gasteiger charge is 2.54. The van der Waals surface area contributed by atoms with Crippen LogP contribution in [0.1, 0.15) is 68.8 Å². The number of aliphatic carboxylic acids is 1. The molecule has 0 aliphatic carbocycles. The van der Waals surface area contributed by atoms with Crippen molar-refractivity contribution in [3.8, 4) is 0 Å². The normalized spacial score (nSPS) is 16.0. The molecule has 1 aliphatic rings. The van der Waals surface area contributed by atoms with Crippen molar-refractivity contribution in [2.45, 2.75) is 64.7 Å². The standard InChI is InChI=1S/C35H38FN3O5/c1-23(2)20-30(32(42)37-29(21-31(40)41)27-12-8-9-13-28(27)36)39-33(43)35(3,4)38(34(39)44)22-26-18-16-25(17-19-26)15-14-24-10-6-5-7-11-24/h5-19,23,29-30H,20-22H2,1-4H3,(H,37,42)(H,40,41)/b15-14+. The van der Waals surface area contributed by atoms with Gasteiger partial charge in [0, 0.05) is 12.1 Å². The molecule has 2 N–H and O–H groups in total. The Kier molecular flexibility index (Phi) is 9.98. The van der Waals surface area contributed by atoms with Gasteiger partial charge in [0.15, 0.2) is 0 Å². The second-order valence-corrected chi connectivity index (χ2v) is 11.9. The molecule has 1 saturated heterocycles. The summed E-state index contributed by atoms with van der Waals surface area (Å²) in [6.45, 7) is 7.13. The molecule has 4 amide bonds. The fourth-order valence-corrected chi connectivity index (χ4v) is 5.29. The van der Waals surface area contributed by atoms with Gasteiger partial charge in [-0.05, 0) is 48.9 Å². The summed E-state index contributed by atoms with van der Waals surface area (Å²) < 4.78 is 14.6. The van der Waals surface area contributed by atoms with Crippen LogP contribution in [0.25, 0.3) is 12.2 Å². The predicted molar refractivity (Wildman–Crippen MR) is 166 cm³/mol. The van der Waals surface area contributed by atoms with Gasteiger partial charge in [0.2, 0.25) is 5.91 Å². The lowest BCUT2D eigenvalue weighted by Gasteiger charge is -2.29. The van der Waals surface area contributed by atoms with Crippen LogP contribution in [0.3, 0.4) is 0 Å². The molecule has 9 heteroatoms. The number of carbonyl (C=O) groups excluding carboxylic acids is 3. The molecule has 3 aromatic rings. The van der Waals surface area contributed by atoms with Gasteiger partial charge in [0.1, 0.15) is 17.4 Å². The maximum Gasteiger partial charge on any atom is 0.328 e. The van der Waals surface area contributed by atoms with Crippen LogP contribution in [-0.4, -0.2) is 50.3 Å². The molecule has 230 valence electrons. The van der Waals surface area contributed by atoms with Gasteiger partial charge in [-0.1, -0.05) is 98.8 Å². The average molecular weight is 600 g/mol. The number of halogens is 1. The quantitative estimate of drug-likeness (QED) is 0.188. The summed E-state index contributed by atoms with van der Waals surface area (Å²) in [7, 11) is 0. The highest BCUT2D eigenvalue weighted by atomic mass is 19.1. The summed E-state index contributed by atoms with van der Waals surface area (Å²) in [5.41, 5.74) is 1.62. The average Bonchev–Trinajstić information content (AvgIpc) is 3.14. The summed E-state index contributed by atoms with van der Waals surface area (Å²) in [6, 6.07) is 20.1. The number of carboxylic acids is 1. The van der Waals surface area contributed by atoms with Crippen LogP contribution in [0.4, 0.5) is 9.18 Å². The molecule has 1 heterocycles. The summed E-state index contributed by atoms with van der Waals surface area (Å²) in [4.78, 5) is 55.3. The number of nitrogens with one attached hydrogen (secondary N) is 1. The van der Waals surface area contributed by atoms with Crippen molar-refractivity contribution < 1.29 is 28.7 Å². The number of carboxylic acid groups (broad SMARTS) is 1. The van der Waals surface area contributed by atoms with Gasteiger partial charge in [0.05, 0.1) is 12.5 Å². The first-order valence-electron chi connectivity index (χ1n) is 14.6. The Labute approximate surface area is 257 Å². The summed E-state index contributed by atoms with van der Waals surface area (Å²) in [5, 5.41) is 12.1. The minimum Gasteiger partial charge on any atom is -0.481 e. The lowest BCUT2D eigenvalue weighted by molar-refractivity contribution is -0.140. The third-order valence-corrected chi connectivity index (χ3v) is 7.73. The van der Waals surface area contributed by atoms with Gasteiger partial charge in [-0.15, -0.1) is 0 Å². The van der Waals surface area contributed by atoms with Gasteiger partial charge in [-0.25, -0.2) is 14.1 Å². The zero-order valence-corrected chi connectivity index (χ0v) is 25.4. The molecular formula is C35H38FN3O5. The van der Waals surface area contributed by atoms with Crippen molar-refractivity contribution in [1.29, 1.82) is 0 Å². The second-order valence-electron chi connectivity index (χ2n) is 11.9. The van der Waals surface area contributed by atoms with Crippen LogP contribution in [-0.2, 0) is 20.9 Å². The van der Waals surface area contributed by atoms with Crippen molar-refractivity contribution >= 4 is 36.0 Å². The Morgan fingerprint density at radius 1 is 0.909 bits per heavy atom. The molecule has 0 aromatic heterocycles. The molecule has 0 bridgehead atoms. The molecule has 3 aromatic carbocycles. The van der Waals surface area contributed by atoms with E-state index in [1.54, 1.807) is 19.9 Å². The zero-order valence-electron chi connectivity index (χ0n) is 25.4. The van der Waals surface area contributed by atoms with Gasteiger partial charge >= 0.3 is 12.0 Å². The number of imide groups is 1. The Morgan fingerprint density at radius 2 is 1.50 bits per heavy atom. The number of hydrogen-bond acceptors (Lipinski definition) is 4. The van der Waals surface area contributed by atoms with Gasteiger partial charge in [-0.3, -0.25) is 14.4 Å². The third-order valence-electron chi connectivity index (χ3n) is 7.73. The molecular weight excluding hydrogens is 561 g/mol. The Bertz CT molecular complexity index is 1540. The lowest BCUT2D eigenvalue weighted by Crippen LogP contribution is -2.52. The number of rotatable bonds is 12. The van der Waals surface area contributed by atoms with E-state index in [0.29, 0.717) is 0 Å². The van der Waals surface area contributed by atoms with Crippen molar-refractivity contribution in [2.24, 2.45) is 5.92 Å².